The van der Waals surface area contributed by atoms with Crippen molar-refractivity contribution in [2.75, 3.05) is 34.9 Å². The van der Waals surface area contributed by atoms with Crippen molar-refractivity contribution in [3.63, 3.8) is 0 Å². The third kappa shape index (κ3) is 6.56. The lowest BCUT2D eigenvalue weighted by Gasteiger charge is -2.38. The van der Waals surface area contributed by atoms with E-state index in [1.807, 2.05) is 31.2 Å². The number of methoxy groups -OCH3 is 2. The highest BCUT2D eigenvalue weighted by Crippen LogP contribution is 2.34. The van der Waals surface area contributed by atoms with Gasteiger partial charge < -0.3 is 13.9 Å². The number of likely N-dealkylation sites (tertiary alicyclic amines) is 1. The Bertz CT molecular complexity index is 915. The van der Waals surface area contributed by atoms with E-state index in [0.717, 1.165) is 23.7 Å². The largest absolute Gasteiger partial charge is 0.497 e. The summed E-state index contributed by atoms with van der Waals surface area (Å²) in [6.45, 7) is 8.84. The van der Waals surface area contributed by atoms with Gasteiger partial charge in [0.25, 0.3) is 10.2 Å². The standard InChI is InChI=1S/C24H43N3O6SSi/c1-9-35(10-2,11-3)33-18-23-22(16-19(4)27(23)24(28)32-8)26(34(29,30)25(5)6)17-20-12-14-21(31-7)15-13-20/h12-15,19,22-23H,9-11,16-18H2,1-8H3/t19-,22+,23+/m1/s1. The van der Waals surface area contributed by atoms with Crippen molar-refractivity contribution in [2.24, 2.45) is 0 Å². The summed E-state index contributed by atoms with van der Waals surface area (Å²) in [6.07, 6.45) is 0.0302. The SMILES string of the molecule is CC[Si](CC)(CC)OC[C@H]1[C@@H](N(Cc2ccc(OC)cc2)S(=O)(=O)N(C)C)C[C@@H](C)N1C(=O)OC. The number of carbonyl (C=O) groups is 1. The Hall–Kier alpha value is -1.66. The van der Waals surface area contributed by atoms with Crippen molar-refractivity contribution in [1.82, 2.24) is 13.5 Å². The van der Waals surface area contributed by atoms with Gasteiger partial charge in [0.2, 0.25) is 0 Å². The molecule has 0 saturated carbocycles. The Morgan fingerprint density at radius 1 is 1.09 bits per heavy atom. The average Bonchev–Trinajstić information content (AvgIpc) is 3.18. The Labute approximate surface area is 212 Å². The van der Waals surface area contributed by atoms with Gasteiger partial charge in [-0.05, 0) is 49.2 Å². The van der Waals surface area contributed by atoms with Crippen LogP contribution in [0.5, 0.6) is 5.75 Å². The fourth-order valence-corrected chi connectivity index (χ4v) is 8.80. The van der Waals surface area contributed by atoms with Crippen LogP contribution in [0.15, 0.2) is 24.3 Å². The molecule has 3 atom stereocenters. The van der Waals surface area contributed by atoms with Gasteiger partial charge in [-0.3, -0.25) is 4.90 Å². The summed E-state index contributed by atoms with van der Waals surface area (Å²) < 4.78 is 46.8. The summed E-state index contributed by atoms with van der Waals surface area (Å²) in [5, 5.41) is 0. The zero-order valence-electron chi connectivity index (χ0n) is 22.5. The summed E-state index contributed by atoms with van der Waals surface area (Å²) in [5.41, 5.74) is 0.833. The van der Waals surface area contributed by atoms with E-state index in [1.165, 1.54) is 29.8 Å². The number of ether oxygens (including phenoxy) is 2. The lowest BCUT2D eigenvalue weighted by atomic mass is 10.1. The number of hydrogen-bond acceptors (Lipinski definition) is 6. The first-order chi connectivity index (χ1) is 16.5. The summed E-state index contributed by atoms with van der Waals surface area (Å²) >= 11 is 0. The van der Waals surface area contributed by atoms with Crippen LogP contribution >= 0.6 is 0 Å². The number of carbonyl (C=O) groups excluding carboxylic acids is 1. The summed E-state index contributed by atoms with van der Waals surface area (Å²) in [5.74, 6) is 0.702. The lowest BCUT2D eigenvalue weighted by Crippen LogP contribution is -2.54. The van der Waals surface area contributed by atoms with E-state index < -0.39 is 36.7 Å². The fourth-order valence-electron chi connectivity index (χ4n) is 4.86. The van der Waals surface area contributed by atoms with Gasteiger partial charge in [0.1, 0.15) is 5.75 Å². The van der Waals surface area contributed by atoms with E-state index >= 15 is 0 Å². The Morgan fingerprint density at radius 2 is 1.66 bits per heavy atom. The van der Waals surface area contributed by atoms with Gasteiger partial charge in [-0.1, -0.05) is 32.9 Å². The molecule has 1 saturated heterocycles. The van der Waals surface area contributed by atoms with Gasteiger partial charge in [0.15, 0.2) is 8.32 Å². The van der Waals surface area contributed by atoms with Crippen LogP contribution < -0.4 is 4.74 Å². The van der Waals surface area contributed by atoms with Crippen molar-refractivity contribution in [2.45, 2.75) is 76.9 Å². The van der Waals surface area contributed by atoms with Gasteiger partial charge >= 0.3 is 6.09 Å². The molecule has 9 nitrogen and oxygen atoms in total. The zero-order chi connectivity index (χ0) is 26.4. The molecule has 1 aromatic carbocycles. The summed E-state index contributed by atoms with van der Waals surface area (Å²) in [6, 6.07) is 9.15. The van der Waals surface area contributed by atoms with Crippen LogP contribution in [-0.4, -0.2) is 89.4 Å². The van der Waals surface area contributed by atoms with E-state index in [4.69, 9.17) is 13.9 Å². The molecule has 11 heteroatoms. The number of benzene rings is 1. The normalized spacial score (nSPS) is 21.1. The monoisotopic (exact) mass is 529 g/mol. The van der Waals surface area contributed by atoms with E-state index in [-0.39, 0.29) is 19.2 Å². The Kier molecular flexibility index (Phi) is 10.6. The van der Waals surface area contributed by atoms with Crippen LogP contribution in [0, 0.1) is 0 Å². The molecule has 1 fully saturated rings. The van der Waals surface area contributed by atoms with Crippen molar-refractivity contribution in [1.29, 1.82) is 0 Å². The molecule has 2 rings (SSSR count). The molecule has 0 unspecified atom stereocenters. The van der Waals surface area contributed by atoms with Crippen molar-refractivity contribution < 1.29 is 27.1 Å². The van der Waals surface area contributed by atoms with Gasteiger partial charge in [-0.15, -0.1) is 0 Å². The first-order valence-electron chi connectivity index (χ1n) is 12.3. The maximum atomic E-state index is 13.6. The first kappa shape index (κ1) is 29.6. The molecule has 1 aromatic rings. The van der Waals surface area contributed by atoms with Crippen molar-refractivity contribution in [3.8, 4) is 5.75 Å². The second-order valence-electron chi connectivity index (χ2n) is 9.33. The fraction of sp³-hybridized carbons (Fsp3) is 0.708. The van der Waals surface area contributed by atoms with Crippen LogP contribution in [0.1, 0.15) is 39.7 Å². The molecule has 0 aliphatic carbocycles. The Morgan fingerprint density at radius 3 is 2.11 bits per heavy atom. The maximum Gasteiger partial charge on any atom is 0.410 e. The average molecular weight is 530 g/mol. The number of nitrogens with zero attached hydrogens (tertiary/aromatic N) is 3. The summed E-state index contributed by atoms with van der Waals surface area (Å²) in [4.78, 5) is 14.5. The van der Waals surface area contributed by atoms with Crippen LogP contribution in [0.25, 0.3) is 0 Å². The first-order valence-corrected chi connectivity index (χ1v) is 16.2. The van der Waals surface area contributed by atoms with Crippen LogP contribution in [0.3, 0.4) is 0 Å². The molecule has 1 aliphatic rings. The molecular weight excluding hydrogens is 486 g/mol. The van der Waals surface area contributed by atoms with Crippen LogP contribution in [0.4, 0.5) is 4.79 Å². The van der Waals surface area contributed by atoms with Gasteiger partial charge in [-0.25, -0.2) is 4.79 Å². The van der Waals surface area contributed by atoms with E-state index in [0.29, 0.717) is 12.2 Å². The van der Waals surface area contributed by atoms with Gasteiger partial charge in [-0.2, -0.15) is 17.0 Å². The minimum atomic E-state index is -3.81. The Balaban J connectivity index is 2.50. The van der Waals surface area contributed by atoms with E-state index in [1.54, 1.807) is 12.0 Å². The molecule has 1 amide bonds. The molecule has 0 aromatic heterocycles. The predicted octanol–water partition coefficient (Wildman–Crippen LogP) is 3.92. The molecular formula is C24H43N3O6SSi. The number of amides is 1. The second kappa shape index (κ2) is 12.5. The molecule has 35 heavy (non-hydrogen) atoms. The van der Waals surface area contributed by atoms with E-state index in [9.17, 15) is 13.2 Å². The molecule has 0 spiro atoms. The second-order valence-corrected chi connectivity index (χ2v) is 16.2. The molecule has 1 heterocycles. The van der Waals surface area contributed by atoms with Crippen molar-refractivity contribution in [3.05, 3.63) is 29.8 Å². The lowest BCUT2D eigenvalue weighted by molar-refractivity contribution is 0.0789. The van der Waals surface area contributed by atoms with E-state index in [2.05, 4.69) is 20.8 Å². The van der Waals surface area contributed by atoms with Crippen molar-refractivity contribution >= 4 is 24.6 Å². The predicted molar refractivity (Wildman–Crippen MR) is 140 cm³/mol. The third-order valence-electron chi connectivity index (χ3n) is 7.36. The molecule has 1 aliphatic heterocycles. The van der Waals surface area contributed by atoms with Crippen LogP contribution in [-0.2, 0) is 25.9 Å². The smallest absolute Gasteiger partial charge is 0.410 e. The molecule has 0 N–H and O–H groups in total. The third-order valence-corrected chi connectivity index (χ3v) is 13.9. The molecule has 0 radical (unpaired) electrons. The highest BCUT2D eigenvalue weighted by atomic mass is 32.2. The quantitative estimate of drug-likeness (QED) is 0.381. The topological polar surface area (TPSA) is 88.6 Å². The minimum Gasteiger partial charge on any atom is -0.497 e. The highest BCUT2D eigenvalue weighted by Gasteiger charge is 2.49. The molecule has 0 bridgehead atoms. The zero-order valence-corrected chi connectivity index (χ0v) is 24.3. The minimum absolute atomic E-state index is 0.172. The summed E-state index contributed by atoms with van der Waals surface area (Å²) in [7, 11) is 0.232. The molecule has 200 valence electrons. The maximum absolute atomic E-state index is 13.6. The number of rotatable bonds is 12. The van der Waals surface area contributed by atoms with Gasteiger partial charge in [0, 0.05) is 26.7 Å². The number of hydrogen-bond donors (Lipinski definition) is 0. The highest BCUT2D eigenvalue weighted by molar-refractivity contribution is 7.86. The van der Waals surface area contributed by atoms with Gasteiger partial charge in [0.05, 0.1) is 32.9 Å². The van der Waals surface area contributed by atoms with Crippen LogP contribution in [0.2, 0.25) is 18.1 Å².